The third kappa shape index (κ3) is 4.27. The maximum absolute atomic E-state index is 13.5. The average Bonchev–Trinajstić information content (AvgIpc) is 2.73. The van der Waals surface area contributed by atoms with Crippen molar-refractivity contribution in [3.8, 4) is 17.2 Å². The predicted molar refractivity (Wildman–Crippen MR) is 115 cm³/mol. The van der Waals surface area contributed by atoms with E-state index in [2.05, 4.69) is 0 Å². The number of phenolic OH excluding ortho intramolecular Hbond substituents is 1. The normalized spacial score (nSPS) is 25.5. The van der Waals surface area contributed by atoms with Crippen LogP contribution in [0.5, 0.6) is 17.2 Å². The van der Waals surface area contributed by atoms with Crippen molar-refractivity contribution in [1.29, 1.82) is 0 Å². The summed E-state index contributed by atoms with van der Waals surface area (Å²) < 4.78 is 21.8. The molecule has 1 aromatic carbocycles. The summed E-state index contributed by atoms with van der Waals surface area (Å²) in [4.78, 5) is 38.7. The standard InChI is InChI=1S/C24H28O8/c1-6-7-16-9-15-10-20(31-14(3)25)24(4,22(27)18(15)12-30-16)23(28)32-21-13(2)8-17(29-5)11-19(21)26/h6-8,11,16,20,26H,9-10,12H2,1-5H3. The third-order valence-corrected chi connectivity index (χ3v) is 5.94. The second kappa shape index (κ2) is 9.16. The van der Waals surface area contributed by atoms with Crippen LogP contribution < -0.4 is 9.47 Å². The van der Waals surface area contributed by atoms with Gasteiger partial charge in [-0.2, -0.15) is 0 Å². The highest BCUT2D eigenvalue weighted by molar-refractivity contribution is 6.14. The number of ketones is 1. The van der Waals surface area contributed by atoms with Crippen molar-refractivity contribution in [2.45, 2.75) is 52.7 Å². The average molecular weight is 444 g/mol. The lowest BCUT2D eigenvalue weighted by molar-refractivity contribution is -0.169. The Morgan fingerprint density at radius 1 is 1.28 bits per heavy atom. The summed E-state index contributed by atoms with van der Waals surface area (Å²) >= 11 is 0. The molecule has 1 aromatic rings. The maximum atomic E-state index is 13.5. The fourth-order valence-corrected chi connectivity index (χ4v) is 4.13. The topological polar surface area (TPSA) is 108 Å². The van der Waals surface area contributed by atoms with Crippen molar-refractivity contribution in [1.82, 2.24) is 0 Å². The van der Waals surface area contributed by atoms with Gasteiger partial charge in [0.2, 0.25) is 0 Å². The molecule has 2 aliphatic rings. The zero-order valence-electron chi connectivity index (χ0n) is 18.9. The number of aryl methyl sites for hydroxylation is 1. The van der Waals surface area contributed by atoms with E-state index in [9.17, 15) is 19.5 Å². The minimum absolute atomic E-state index is 0.0612. The molecule has 8 nitrogen and oxygen atoms in total. The van der Waals surface area contributed by atoms with E-state index in [4.69, 9.17) is 18.9 Å². The van der Waals surface area contributed by atoms with Crippen LogP contribution in [0.15, 0.2) is 35.4 Å². The minimum atomic E-state index is -1.79. The second-order valence-electron chi connectivity index (χ2n) is 8.18. The van der Waals surface area contributed by atoms with Gasteiger partial charge in [0.1, 0.15) is 11.9 Å². The van der Waals surface area contributed by atoms with Gasteiger partial charge in [0.25, 0.3) is 0 Å². The highest BCUT2D eigenvalue weighted by atomic mass is 16.6. The predicted octanol–water partition coefficient (Wildman–Crippen LogP) is 3.19. The Labute approximate surface area is 186 Å². The Morgan fingerprint density at radius 2 is 2.00 bits per heavy atom. The maximum Gasteiger partial charge on any atom is 0.329 e. The lowest BCUT2D eigenvalue weighted by atomic mass is 9.68. The molecular formula is C24H28O8. The Hall–Kier alpha value is -3.13. The molecule has 172 valence electrons. The fraction of sp³-hybridized carbons (Fsp3) is 0.458. The molecule has 0 radical (unpaired) electrons. The van der Waals surface area contributed by atoms with E-state index < -0.39 is 29.2 Å². The number of carbonyl (C=O) groups excluding carboxylic acids is 3. The lowest BCUT2D eigenvalue weighted by Gasteiger charge is -2.41. The quantitative estimate of drug-likeness (QED) is 0.319. The number of hydrogen-bond acceptors (Lipinski definition) is 8. The number of esters is 2. The number of phenols is 1. The van der Waals surface area contributed by atoms with Gasteiger partial charge < -0.3 is 24.1 Å². The van der Waals surface area contributed by atoms with Gasteiger partial charge in [-0.25, -0.2) is 0 Å². The van der Waals surface area contributed by atoms with E-state index in [1.807, 2.05) is 19.1 Å². The van der Waals surface area contributed by atoms with Crippen LogP contribution in [-0.2, 0) is 23.9 Å². The highest BCUT2D eigenvalue weighted by Crippen LogP contribution is 2.44. The first-order chi connectivity index (χ1) is 15.1. The molecule has 3 rings (SSSR count). The van der Waals surface area contributed by atoms with Crippen LogP contribution in [0.4, 0.5) is 0 Å². The summed E-state index contributed by atoms with van der Waals surface area (Å²) in [5.74, 6) is -2.02. The number of rotatable bonds is 5. The Kier molecular flexibility index (Phi) is 6.74. The van der Waals surface area contributed by atoms with E-state index in [0.717, 1.165) is 5.57 Å². The molecular weight excluding hydrogens is 416 g/mol. The Morgan fingerprint density at radius 3 is 2.59 bits per heavy atom. The molecule has 3 atom stereocenters. The number of methoxy groups -OCH3 is 1. The number of hydrogen-bond donors (Lipinski definition) is 1. The summed E-state index contributed by atoms with van der Waals surface area (Å²) in [5.41, 5.74) is -0.130. The van der Waals surface area contributed by atoms with E-state index in [-0.39, 0.29) is 30.6 Å². The molecule has 0 spiro atoms. The Bertz CT molecular complexity index is 982. The first-order valence-electron chi connectivity index (χ1n) is 10.4. The molecule has 1 aliphatic heterocycles. The van der Waals surface area contributed by atoms with Crippen molar-refractivity contribution in [3.05, 3.63) is 41.0 Å². The Balaban J connectivity index is 1.98. The van der Waals surface area contributed by atoms with Crippen LogP contribution in [-0.4, -0.2) is 48.8 Å². The first kappa shape index (κ1) is 23.5. The molecule has 3 unspecified atom stereocenters. The van der Waals surface area contributed by atoms with Crippen LogP contribution in [0.2, 0.25) is 0 Å². The van der Waals surface area contributed by atoms with Crippen molar-refractivity contribution in [3.63, 3.8) is 0 Å². The second-order valence-corrected chi connectivity index (χ2v) is 8.18. The zero-order chi connectivity index (χ0) is 23.6. The summed E-state index contributed by atoms with van der Waals surface area (Å²) in [6.45, 7) is 6.21. The fourth-order valence-electron chi connectivity index (χ4n) is 4.13. The number of carbonyl (C=O) groups is 3. The smallest absolute Gasteiger partial charge is 0.329 e. The molecule has 0 bridgehead atoms. The van der Waals surface area contributed by atoms with Gasteiger partial charge in [0.05, 0.1) is 19.8 Å². The van der Waals surface area contributed by atoms with Crippen molar-refractivity contribution >= 4 is 17.7 Å². The largest absolute Gasteiger partial charge is 0.504 e. The number of ether oxygens (including phenoxy) is 4. The molecule has 0 aromatic heterocycles. The van der Waals surface area contributed by atoms with E-state index >= 15 is 0 Å². The first-order valence-corrected chi connectivity index (χ1v) is 10.4. The van der Waals surface area contributed by atoms with Crippen LogP contribution in [0, 0.1) is 12.3 Å². The number of aromatic hydroxyl groups is 1. The van der Waals surface area contributed by atoms with Crippen LogP contribution >= 0.6 is 0 Å². The van der Waals surface area contributed by atoms with Gasteiger partial charge in [0.15, 0.2) is 22.7 Å². The number of Topliss-reactive ketones (excluding diaryl/α,β-unsaturated/α-hetero) is 1. The van der Waals surface area contributed by atoms with E-state index in [1.165, 1.54) is 27.0 Å². The summed E-state index contributed by atoms with van der Waals surface area (Å²) in [6.07, 6.45) is 3.25. The van der Waals surface area contributed by atoms with Gasteiger partial charge >= 0.3 is 11.9 Å². The van der Waals surface area contributed by atoms with Crippen LogP contribution in [0.3, 0.4) is 0 Å². The van der Waals surface area contributed by atoms with E-state index in [1.54, 1.807) is 13.0 Å². The van der Waals surface area contributed by atoms with Crippen molar-refractivity contribution in [2.75, 3.05) is 13.7 Å². The van der Waals surface area contributed by atoms with Gasteiger partial charge in [0, 0.05) is 25.0 Å². The monoisotopic (exact) mass is 444 g/mol. The van der Waals surface area contributed by atoms with Gasteiger partial charge in [-0.1, -0.05) is 17.7 Å². The molecule has 0 fully saturated rings. The molecule has 1 aliphatic carbocycles. The molecule has 32 heavy (non-hydrogen) atoms. The number of benzene rings is 1. The SMILES string of the molecule is CC=CC1CC2=C(CO1)C(=O)C(C)(C(=O)Oc1c(C)cc(OC)cc1O)C(OC(C)=O)C2. The molecule has 0 amide bonds. The summed E-state index contributed by atoms with van der Waals surface area (Å²) in [6, 6.07) is 2.90. The molecule has 0 saturated carbocycles. The highest BCUT2D eigenvalue weighted by Gasteiger charge is 2.56. The molecule has 0 saturated heterocycles. The third-order valence-electron chi connectivity index (χ3n) is 5.94. The van der Waals surface area contributed by atoms with Crippen LogP contribution in [0.25, 0.3) is 0 Å². The zero-order valence-corrected chi connectivity index (χ0v) is 18.9. The van der Waals surface area contributed by atoms with Crippen LogP contribution in [0.1, 0.15) is 39.2 Å². The number of allylic oxidation sites excluding steroid dienone is 1. The lowest BCUT2D eigenvalue weighted by Crippen LogP contribution is -2.54. The molecule has 1 N–H and O–H groups in total. The molecule has 1 heterocycles. The van der Waals surface area contributed by atoms with Gasteiger partial charge in [-0.3, -0.25) is 14.4 Å². The van der Waals surface area contributed by atoms with Gasteiger partial charge in [-0.05, 0) is 38.8 Å². The summed E-state index contributed by atoms with van der Waals surface area (Å²) in [5, 5.41) is 10.3. The van der Waals surface area contributed by atoms with Crippen molar-refractivity contribution in [2.24, 2.45) is 5.41 Å². The molecule has 8 heteroatoms. The minimum Gasteiger partial charge on any atom is -0.504 e. The summed E-state index contributed by atoms with van der Waals surface area (Å²) in [7, 11) is 1.45. The van der Waals surface area contributed by atoms with Gasteiger partial charge in [-0.15, -0.1) is 0 Å². The van der Waals surface area contributed by atoms with E-state index in [0.29, 0.717) is 23.3 Å². The van der Waals surface area contributed by atoms with Crippen molar-refractivity contribution < 1.29 is 38.4 Å².